The number of nitrogen functional groups attached to an aromatic ring is 1. The molecule has 0 fully saturated rings. The first-order valence-corrected chi connectivity index (χ1v) is 6.04. The van der Waals surface area contributed by atoms with Crippen LogP contribution < -0.4 is 5.73 Å². The second-order valence-electron chi connectivity index (χ2n) is 3.48. The van der Waals surface area contributed by atoms with Crippen molar-refractivity contribution in [2.24, 2.45) is 7.05 Å². The highest BCUT2D eigenvalue weighted by Crippen LogP contribution is 2.24. The number of hydrogen-bond acceptors (Lipinski definition) is 7. The molecule has 0 aliphatic heterocycles. The first-order valence-electron chi connectivity index (χ1n) is 5.22. The smallest absolute Gasteiger partial charge is 0.215 e. The molecule has 0 spiro atoms. The Morgan fingerprint density at radius 2 is 2.24 bits per heavy atom. The monoisotopic (exact) mass is 251 g/mol. The van der Waals surface area contributed by atoms with Crippen LogP contribution in [0.3, 0.4) is 0 Å². The van der Waals surface area contributed by atoms with Gasteiger partial charge in [0.1, 0.15) is 16.7 Å². The van der Waals surface area contributed by atoms with Gasteiger partial charge in [-0.25, -0.2) is 14.6 Å². The van der Waals surface area contributed by atoms with Crippen molar-refractivity contribution < 1.29 is 0 Å². The van der Waals surface area contributed by atoms with Gasteiger partial charge in [-0.15, -0.1) is 5.10 Å². The molecule has 2 N–H and O–H groups in total. The number of rotatable bonds is 4. The van der Waals surface area contributed by atoms with E-state index in [1.807, 2.05) is 0 Å². The van der Waals surface area contributed by atoms with Gasteiger partial charge in [-0.3, -0.25) is 0 Å². The zero-order valence-electron chi connectivity index (χ0n) is 9.66. The summed E-state index contributed by atoms with van der Waals surface area (Å²) in [5.74, 6) is 1.23. The summed E-state index contributed by atoms with van der Waals surface area (Å²) in [7, 11) is 1.78. The Morgan fingerprint density at radius 3 is 2.88 bits per heavy atom. The van der Waals surface area contributed by atoms with E-state index in [1.54, 1.807) is 17.8 Å². The summed E-state index contributed by atoms with van der Waals surface area (Å²) >= 11 is 1.37. The van der Waals surface area contributed by atoms with Gasteiger partial charge >= 0.3 is 0 Å². The second-order valence-corrected chi connectivity index (χ2v) is 4.47. The van der Waals surface area contributed by atoms with Crippen LogP contribution in [0.4, 0.5) is 5.82 Å². The number of tetrazole rings is 1. The Morgan fingerprint density at radius 1 is 1.41 bits per heavy atom. The predicted molar refractivity (Wildman–Crippen MR) is 63.4 cm³/mol. The fraction of sp³-hybridized carbons (Fsp3) is 0.444. The summed E-state index contributed by atoms with van der Waals surface area (Å²) in [6.45, 7) is 2.08. The fourth-order valence-corrected chi connectivity index (χ4v) is 2.04. The Bertz CT molecular complexity index is 510. The molecule has 2 aromatic heterocycles. The summed E-state index contributed by atoms with van der Waals surface area (Å²) in [6.07, 6.45) is 1.80. The molecule has 0 amide bonds. The number of nitrogens with zero attached hydrogens (tertiary/aromatic N) is 6. The number of nitrogens with two attached hydrogens (primary N) is 1. The van der Waals surface area contributed by atoms with E-state index < -0.39 is 0 Å². The summed E-state index contributed by atoms with van der Waals surface area (Å²) in [6, 6.07) is 1.72. The maximum Gasteiger partial charge on any atom is 0.215 e. The maximum absolute atomic E-state index is 5.73. The quantitative estimate of drug-likeness (QED) is 0.798. The molecule has 0 bridgehead atoms. The molecule has 2 heterocycles. The second kappa shape index (κ2) is 5.09. The van der Waals surface area contributed by atoms with Gasteiger partial charge in [0.15, 0.2) is 0 Å². The normalized spacial score (nSPS) is 10.7. The van der Waals surface area contributed by atoms with Crippen molar-refractivity contribution in [2.75, 3.05) is 5.73 Å². The van der Waals surface area contributed by atoms with Gasteiger partial charge in [0, 0.05) is 19.5 Å². The molecule has 0 aliphatic carbocycles. The van der Waals surface area contributed by atoms with Gasteiger partial charge in [-0.1, -0.05) is 6.92 Å². The Kier molecular flexibility index (Phi) is 3.52. The molecule has 17 heavy (non-hydrogen) atoms. The van der Waals surface area contributed by atoms with Gasteiger partial charge in [0.25, 0.3) is 0 Å². The van der Waals surface area contributed by atoms with Crippen LogP contribution in [-0.4, -0.2) is 30.2 Å². The minimum Gasteiger partial charge on any atom is -0.384 e. The summed E-state index contributed by atoms with van der Waals surface area (Å²) < 4.78 is 1.59. The lowest BCUT2D eigenvalue weighted by Crippen LogP contribution is -2.01. The Balaban J connectivity index is 2.23. The molecule has 2 aromatic rings. The lowest BCUT2D eigenvalue weighted by Gasteiger charge is -2.03. The third-order valence-corrected chi connectivity index (χ3v) is 2.97. The van der Waals surface area contributed by atoms with Gasteiger partial charge in [0.2, 0.25) is 5.16 Å². The zero-order chi connectivity index (χ0) is 12.3. The van der Waals surface area contributed by atoms with Crippen LogP contribution in [0.2, 0.25) is 0 Å². The SMILES string of the molecule is CCCc1nc(N)cc(Sc2nnnn2C)n1. The van der Waals surface area contributed by atoms with Crippen molar-refractivity contribution in [1.82, 2.24) is 30.2 Å². The van der Waals surface area contributed by atoms with Crippen molar-refractivity contribution in [2.45, 2.75) is 29.9 Å². The van der Waals surface area contributed by atoms with Crippen LogP contribution in [0.5, 0.6) is 0 Å². The van der Waals surface area contributed by atoms with Crippen molar-refractivity contribution in [3.05, 3.63) is 11.9 Å². The van der Waals surface area contributed by atoms with Gasteiger partial charge in [-0.05, 0) is 28.6 Å². The number of anilines is 1. The molecule has 0 aliphatic rings. The van der Waals surface area contributed by atoms with Gasteiger partial charge in [-0.2, -0.15) is 0 Å². The van der Waals surface area contributed by atoms with Crippen LogP contribution in [0.1, 0.15) is 19.2 Å². The fourth-order valence-electron chi connectivity index (χ4n) is 1.28. The number of aryl methyl sites for hydroxylation is 2. The highest BCUT2D eigenvalue weighted by molar-refractivity contribution is 7.99. The molecule has 7 nitrogen and oxygen atoms in total. The third kappa shape index (κ3) is 2.90. The molecule has 0 saturated heterocycles. The molecule has 0 unspecified atom stereocenters. The van der Waals surface area contributed by atoms with Crippen LogP contribution in [0.15, 0.2) is 16.2 Å². The van der Waals surface area contributed by atoms with Crippen LogP contribution >= 0.6 is 11.8 Å². The van der Waals surface area contributed by atoms with Crippen molar-refractivity contribution in [1.29, 1.82) is 0 Å². The Labute approximate surface area is 103 Å². The standard InChI is InChI=1S/C9H13N7S/c1-3-4-7-11-6(10)5-8(12-7)17-9-13-14-15-16(9)2/h5H,3-4H2,1-2H3,(H2,10,11,12). The lowest BCUT2D eigenvalue weighted by molar-refractivity contribution is 0.664. The van der Waals surface area contributed by atoms with Crippen LogP contribution in [0, 0.1) is 0 Å². The van der Waals surface area contributed by atoms with Gasteiger partial charge < -0.3 is 5.73 Å². The molecule has 0 radical (unpaired) electrons. The molecule has 8 heteroatoms. The van der Waals surface area contributed by atoms with E-state index in [9.17, 15) is 0 Å². The van der Waals surface area contributed by atoms with Crippen LogP contribution in [-0.2, 0) is 13.5 Å². The van der Waals surface area contributed by atoms with Crippen molar-refractivity contribution in [3.8, 4) is 0 Å². The predicted octanol–water partition coefficient (Wildman–Crippen LogP) is 0.686. The van der Waals surface area contributed by atoms with E-state index in [-0.39, 0.29) is 0 Å². The first kappa shape index (κ1) is 11.8. The zero-order valence-corrected chi connectivity index (χ0v) is 10.5. The molecular formula is C9H13N7S. The van der Waals surface area contributed by atoms with E-state index in [0.717, 1.165) is 23.7 Å². The lowest BCUT2D eigenvalue weighted by atomic mass is 10.3. The van der Waals surface area contributed by atoms with E-state index in [0.29, 0.717) is 11.0 Å². The minimum absolute atomic E-state index is 0.473. The molecular weight excluding hydrogens is 238 g/mol. The minimum atomic E-state index is 0.473. The average Bonchev–Trinajstić information content (AvgIpc) is 2.64. The van der Waals surface area contributed by atoms with E-state index in [2.05, 4.69) is 32.4 Å². The third-order valence-electron chi connectivity index (χ3n) is 2.02. The summed E-state index contributed by atoms with van der Waals surface area (Å²) in [5, 5.41) is 12.6. The number of aromatic nitrogens is 6. The van der Waals surface area contributed by atoms with Gasteiger partial charge in [0.05, 0.1) is 0 Å². The highest BCUT2D eigenvalue weighted by atomic mass is 32.2. The van der Waals surface area contributed by atoms with E-state index in [1.165, 1.54) is 11.8 Å². The molecule has 0 saturated carbocycles. The summed E-state index contributed by atoms with van der Waals surface area (Å²) in [5.41, 5.74) is 5.73. The maximum atomic E-state index is 5.73. The van der Waals surface area contributed by atoms with E-state index in [4.69, 9.17) is 5.73 Å². The number of hydrogen-bond donors (Lipinski definition) is 1. The topological polar surface area (TPSA) is 95.4 Å². The summed E-state index contributed by atoms with van der Waals surface area (Å²) in [4.78, 5) is 8.57. The average molecular weight is 251 g/mol. The highest BCUT2D eigenvalue weighted by Gasteiger charge is 2.08. The van der Waals surface area contributed by atoms with Crippen molar-refractivity contribution >= 4 is 17.6 Å². The molecule has 0 atom stereocenters. The molecule has 90 valence electrons. The van der Waals surface area contributed by atoms with Crippen molar-refractivity contribution in [3.63, 3.8) is 0 Å². The molecule has 0 aromatic carbocycles. The first-order chi connectivity index (χ1) is 8.19. The Hall–Kier alpha value is -1.70. The molecule has 2 rings (SSSR count). The van der Waals surface area contributed by atoms with E-state index >= 15 is 0 Å². The largest absolute Gasteiger partial charge is 0.384 e. The van der Waals surface area contributed by atoms with Crippen LogP contribution in [0.25, 0.3) is 0 Å².